The van der Waals surface area contributed by atoms with Crippen molar-refractivity contribution in [2.24, 2.45) is 0 Å². The molecule has 4 aromatic rings. The zero-order chi connectivity index (χ0) is 57.5. The molecule has 0 unspecified atom stereocenters. The molecule has 5 rings (SSSR count). The first-order valence-electron chi connectivity index (χ1n) is 33.8. The fourth-order valence-electron chi connectivity index (χ4n) is 11.2. The van der Waals surface area contributed by atoms with Gasteiger partial charge in [0.1, 0.15) is 0 Å². The standard InChI is InChI=1S/C62H102N2.2C7H7O.Ni/c1-6-11-16-17-18-19-20-21-22-23-24-25-26-27-28-29-30-31-32-33-34-35-36-37-38-41-46-58-53-61(59-49-54(42-14-9-4)47-56(50-59)44-39-12-7-2)64(63)62(58)60-51-55(43-15-10-5)48-57(52-60)45-40-13-8-3;2*8-6-7-4-2-1-3-5-7;/h41,46-53H,6-40,42-45H2,1-5H3;2*1-5H,6H2;/q;2*-1;+2. The van der Waals surface area contributed by atoms with Gasteiger partial charge in [0.15, 0.2) is 0 Å². The summed E-state index contributed by atoms with van der Waals surface area (Å²) in [6.45, 7) is 12.6. The van der Waals surface area contributed by atoms with Crippen LogP contribution in [0, 0.1) is 0 Å². The van der Waals surface area contributed by atoms with Crippen molar-refractivity contribution in [2.75, 3.05) is 0 Å². The van der Waals surface area contributed by atoms with E-state index in [1.165, 1.54) is 241 Å². The predicted molar refractivity (Wildman–Crippen MR) is 348 cm³/mol. The van der Waals surface area contributed by atoms with Gasteiger partial charge in [-0.05, 0) is 111 Å². The number of nitrogens with zero attached hydrogens (tertiary/aromatic N) is 2. The zero-order valence-corrected chi connectivity index (χ0v) is 53.5. The first-order valence-corrected chi connectivity index (χ1v) is 34.6. The molecule has 0 amide bonds. The summed E-state index contributed by atoms with van der Waals surface area (Å²) in [6, 6.07) is 34.4. The number of hydrogen-bond acceptors (Lipinski definition) is 2. The van der Waals surface area contributed by atoms with Gasteiger partial charge in [-0.2, -0.15) is 0 Å². The van der Waals surface area contributed by atoms with Gasteiger partial charge in [-0.1, -0.05) is 245 Å². The monoisotopic (exact) mass is 1150 g/mol. The van der Waals surface area contributed by atoms with Gasteiger partial charge in [0.25, 0.3) is 0 Å². The second kappa shape index (κ2) is 47.5. The molecule has 81 heavy (non-hydrogen) atoms. The van der Waals surface area contributed by atoms with E-state index >= 15 is 0 Å². The van der Waals surface area contributed by atoms with Crippen LogP contribution in [0.5, 0.6) is 0 Å². The molecule has 5 heteroatoms. The Morgan fingerprint density at radius 2 is 0.704 bits per heavy atom. The molecule has 0 aromatic heterocycles. The molecular weight excluding hydrogens is 1030 g/mol. The van der Waals surface area contributed by atoms with E-state index in [-0.39, 0.29) is 0 Å². The number of benzene rings is 4. The Balaban J connectivity index is 0.000000699. The molecule has 0 atom stereocenters. The van der Waals surface area contributed by atoms with Crippen molar-refractivity contribution in [2.45, 2.75) is 298 Å². The predicted octanol–water partition coefficient (Wildman–Crippen LogP) is 24.3. The van der Waals surface area contributed by atoms with Crippen LogP contribution in [0.3, 0.4) is 0 Å². The van der Waals surface area contributed by atoms with E-state index < -0.39 is 0 Å². The zero-order valence-electron chi connectivity index (χ0n) is 52.5. The van der Waals surface area contributed by atoms with Crippen LogP contribution in [0.4, 0.5) is 0 Å². The molecule has 452 valence electrons. The molecular formula is C76H116N2NiO2. The molecule has 0 bridgehead atoms. The molecule has 1 aliphatic rings. The van der Waals surface area contributed by atoms with Crippen molar-refractivity contribution in [3.63, 3.8) is 0 Å². The molecule has 0 N–H and O–H groups in total. The average molecular weight is 1150 g/mol. The van der Waals surface area contributed by atoms with Crippen LogP contribution in [0.25, 0.3) is 16.9 Å². The summed E-state index contributed by atoms with van der Waals surface area (Å²) in [7, 11) is 0. The van der Waals surface area contributed by atoms with E-state index in [1.807, 2.05) is 60.7 Å². The topological polar surface area (TPSA) is 43.8 Å². The van der Waals surface area contributed by atoms with Gasteiger partial charge in [-0.25, -0.2) is 4.70 Å². The van der Waals surface area contributed by atoms with Crippen LogP contribution >= 0.6 is 0 Å². The molecule has 0 saturated carbocycles. The Morgan fingerprint density at radius 3 is 1.09 bits per heavy atom. The third-order valence-corrected chi connectivity index (χ3v) is 16.7. The van der Waals surface area contributed by atoms with Crippen molar-refractivity contribution in [1.82, 2.24) is 0 Å². The SMILES string of the molecule is CCCCCCCCCCCCCCCCCCCCCCCCCCC=CC1=C(c2cc(CCCC)cc(CCCCC)c2)[N+](=[N-])C(c2cc(CCCC)cc(CCCCC)c2)=C1.c1ccc(C[O][Ni][O]Cc2ccccc2)cc1. The molecule has 0 fully saturated rings. The quantitative estimate of drug-likeness (QED) is 0.0251. The molecule has 4 aromatic carbocycles. The van der Waals surface area contributed by atoms with Crippen molar-refractivity contribution >= 4 is 11.4 Å². The molecule has 0 spiro atoms. The second-order valence-corrected chi connectivity index (χ2v) is 24.4. The molecule has 1 heterocycles. The van der Waals surface area contributed by atoms with E-state index in [0.717, 1.165) is 86.4 Å². The van der Waals surface area contributed by atoms with Gasteiger partial charge >= 0.3 is 108 Å². The summed E-state index contributed by atoms with van der Waals surface area (Å²) in [5.41, 5.74) is 25.5. The van der Waals surface area contributed by atoms with Crippen molar-refractivity contribution in [3.05, 3.63) is 171 Å². The Labute approximate surface area is 505 Å². The van der Waals surface area contributed by atoms with E-state index in [1.54, 1.807) is 4.70 Å². The minimum absolute atomic E-state index is 0.565. The summed E-state index contributed by atoms with van der Waals surface area (Å²) in [6.07, 6.45) is 59.0. The normalized spacial score (nSPS) is 12.5. The molecule has 0 aliphatic carbocycles. The summed E-state index contributed by atoms with van der Waals surface area (Å²) in [4.78, 5) is 0. The van der Waals surface area contributed by atoms with Crippen LogP contribution in [-0.4, -0.2) is 4.70 Å². The minimum atomic E-state index is 0.565. The maximum absolute atomic E-state index is 12.2. The van der Waals surface area contributed by atoms with E-state index in [4.69, 9.17) is 7.76 Å². The van der Waals surface area contributed by atoms with Gasteiger partial charge in [0.05, 0.1) is 5.57 Å². The van der Waals surface area contributed by atoms with Crippen molar-refractivity contribution < 1.29 is 27.5 Å². The maximum atomic E-state index is 12.2. The van der Waals surface area contributed by atoms with Gasteiger partial charge in [0.2, 0.25) is 11.4 Å². The Hall–Kier alpha value is -3.89. The summed E-state index contributed by atoms with van der Waals surface area (Å²) in [5.74, 6) is 0. The third kappa shape index (κ3) is 32.1. The van der Waals surface area contributed by atoms with Crippen LogP contribution in [0.1, 0.15) is 304 Å². The summed E-state index contributed by atoms with van der Waals surface area (Å²) < 4.78 is 12.3. The summed E-state index contributed by atoms with van der Waals surface area (Å²) in [5, 5.41) is 0. The van der Waals surface area contributed by atoms with Crippen molar-refractivity contribution in [1.29, 1.82) is 0 Å². The van der Waals surface area contributed by atoms with E-state index in [9.17, 15) is 5.53 Å². The van der Waals surface area contributed by atoms with Gasteiger partial charge in [-0.3, -0.25) is 0 Å². The van der Waals surface area contributed by atoms with Crippen LogP contribution in [0.2, 0.25) is 0 Å². The van der Waals surface area contributed by atoms with Gasteiger partial charge in [-0.15, -0.1) is 0 Å². The molecule has 0 radical (unpaired) electrons. The van der Waals surface area contributed by atoms with Crippen LogP contribution < -0.4 is 0 Å². The summed E-state index contributed by atoms with van der Waals surface area (Å²) >= 11 is 0.863. The number of rotatable bonds is 48. The van der Waals surface area contributed by atoms with Crippen molar-refractivity contribution in [3.8, 4) is 0 Å². The number of unbranched alkanes of at least 4 members (excludes halogenated alkanes) is 30. The van der Waals surface area contributed by atoms with E-state index in [0.29, 0.717) is 13.2 Å². The first kappa shape index (κ1) is 69.6. The van der Waals surface area contributed by atoms with Crippen LogP contribution in [-0.2, 0) is 61.7 Å². The Morgan fingerprint density at radius 1 is 0.370 bits per heavy atom. The number of aryl methyl sites for hydroxylation is 4. The third-order valence-electron chi connectivity index (χ3n) is 16.2. The number of allylic oxidation sites excluding steroid dienone is 4. The Kier molecular flexibility index (Phi) is 40.8. The fraction of sp³-hybridized carbons (Fsp3) is 0.605. The van der Waals surface area contributed by atoms with Gasteiger partial charge < -0.3 is 5.53 Å². The Bertz CT molecular complexity index is 2240. The first-order chi connectivity index (χ1) is 40.0. The fourth-order valence-corrected chi connectivity index (χ4v) is 11.7. The number of hydrogen-bond donors (Lipinski definition) is 0. The van der Waals surface area contributed by atoms with Crippen LogP contribution in [0.15, 0.2) is 121 Å². The molecule has 0 saturated heterocycles. The average Bonchev–Trinajstić information content (AvgIpc) is 4.06. The molecule has 1 aliphatic heterocycles. The molecule has 4 nitrogen and oxygen atoms in total. The van der Waals surface area contributed by atoms with Gasteiger partial charge in [0, 0.05) is 17.2 Å². The second-order valence-electron chi connectivity index (χ2n) is 23.7. The van der Waals surface area contributed by atoms with E-state index in [2.05, 4.69) is 89.2 Å².